The summed E-state index contributed by atoms with van der Waals surface area (Å²) in [5.74, 6) is -2.01. The highest BCUT2D eigenvalue weighted by Crippen LogP contribution is 2.33. The summed E-state index contributed by atoms with van der Waals surface area (Å²) in [6.45, 7) is 5.26. The molecule has 1 unspecified atom stereocenters. The second-order valence-corrected chi connectivity index (χ2v) is 16.2. The summed E-state index contributed by atoms with van der Waals surface area (Å²) in [4.78, 5) is 74.2. The van der Waals surface area contributed by atoms with Crippen LogP contribution < -0.4 is 25.3 Å². The molecule has 14 heteroatoms. The minimum Gasteiger partial charge on any atom is -0.372 e. The van der Waals surface area contributed by atoms with Gasteiger partial charge in [-0.1, -0.05) is 11.6 Å². The number of rotatable bonds is 8. The third kappa shape index (κ3) is 7.81. The van der Waals surface area contributed by atoms with Crippen LogP contribution in [0, 0.1) is 11.3 Å². The first-order valence-electron chi connectivity index (χ1n) is 20.0. The molecule has 57 heavy (non-hydrogen) atoms. The average molecular weight is 791 g/mol. The summed E-state index contributed by atoms with van der Waals surface area (Å²) in [5, 5.41) is 15.1. The number of hydrogen-bond donors (Lipinski definition) is 2. The van der Waals surface area contributed by atoms with Gasteiger partial charge >= 0.3 is 0 Å². The summed E-state index contributed by atoms with van der Waals surface area (Å²) in [7, 11) is 2.06. The van der Waals surface area contributed by atoms with Crippen molar-refractivity contribution in [3.8, 4) is 6.07 Å². The van der Waals surface area contributed by atoms with Crippen LogP contribution in [0.2, 0.25) is 5.02 Å². The Morgan fingerprint density at radius 2 is 1.46 bits per heavy atom. The number of imide groups is 2. The van der Waals surface area contributed by atoms with Crippen molar-refractivity contribution in [2.45, 2.75) is 75.5 Å². The predicted molar refractivity (Wildman–Crippen MR) is 217 cm³/mol. The highest BCUT2D eigenvalue weighted by Gasteiger charge is 2.45. The van der Waals surface area contributed by atoms with Gasteiger partial charge < -0.3 is 20.0 Å². The van der Waals surface area contributed by atoms with Gasteiger partial charge in [0, 0.05) is 93.5 Å². The van der Waals surface area contributed by atoms with E-state index in [1.54, 1.807) is 18.2 Å². The molecule has 296 valence electrons. The number of nitrogens with zero attached hydrogens (tertiary/aromatic N) is 6. The van der Waals surface area contributed by atoms with Crippen LogP contribution in [0.5, 0.6) is 0 Å². The molecule has 1 saturated carbocycles. The Morgan fingerprint density at radius 3 is 2.12 bits per heavy atom. The van der Waals surface area contributed by atoms with Crippen molar-refractivity contribution in [1.29, 1.82) is 5.26 Å². The first-order valence-corrected chi connectivity index (χ1v) is 20.4. The molecule has 5 aliphatic rings. The molecule has 4 heterocycles. The molecule has 0 radical (unpaired) electrons. The van der Waals surface area contributed by atoms with Crippen molar-refractivity contribution in [3.05, 3.63) is 87.9 Å². The van der Waals surface area contributed by atoms with Gasteiger partial charge in [-0.3, -0.25) is 39.1 Å². The fourth-order valence-electron chi connectivity index (χ4n) is 9.21. The van der Waals surface area contributed by atoms with Crippen molar-refractivity contribution >= 4 is 58.2 Å². The monoisotopic (exact) mass is 790 g/mol. The molecule has 0 aromatic heterocycles. The number of nitriles is 1. The number of carbonyl (C=O) groups excluding carboxylic acids is 5. The molecule has 3 saturated heterocycles. The van der Waals surface area contributed by atoms with Gasteiger partial charge in [-0.15, -0.1) is 0 Å². The quantitative estimate of drug-likeness (QED) is 0.311. The average Bonchev–Trinajstić information content (AvgIpc) is 3.48. The van der Waals surface area contributed by atoms with Crippen molar-refractivity contribution in [2.24, 2.45) is 0 Å². The lowest BCUT2D eigenvalue weighted by Crippen LogP contribution is -2.54. The van der Waals surface area contributed by atoms with Gasteiger partial charge in [0.05, 0.1) is 21.7 Å². The van der Waals surface area contributed by atoms with E-state index in [-0.39, 0.29) is 24.8 Å². The number of nitrogens with one attached hydrogen (secondary N) is 2. The van der Waals surface area contributed by atoms with Gasteiger partial charge in [0.15, 0.2) is 0 Å². The Hall–Kier alpha value is -5.45. The molecular weight excluding hydrogens is 744 g/mol. The van der Waals surface area contributed by atoms with Gasteiger partial charge in [-0.2, -0.15) is 5.26 Å². The number of anilines is 3. The maximum atomic E-state index is 13.3. The standard InChI is InChI=1S/C43H47ClN8O5/c1-48(33-9-4-28(26-45)37(44)25-33)30-10-5-29(6-11-30)46-40(54)27-2-7-31(8-3-27)49-18-16-32(17-19-49)50-20-22-51(23-21-50)34-12-13-35-36(24-34)43(57)52(42(35)56)38-14-15-39(53)47-41(38)55/h2-4,7-9,12-13,24-25,29-30,32,38H,5-6,10-11,14-23H2,1H3,(H,46,54)(H,47,53,55)/t29-,30-,38?. The molecule has 0 spiro atoms. The Labute approximate surface area is 337 Å². The van der Waals surface area contributed by atoms with E-state index in [2.05, 4.69) is 55.5 Å². The summed E-state index contributed by atoms with van der Waals surface area (Å²) in [6.07, 6.45) is 6.03. The van der Waals surface area contributed by atoms with E-state index in [4.69, 9.17) is 11.6 Å². The van der Waals surface area contributed by atoms with Gasteiger partial charge in [-0.25, -0.2) is 0 Å². The number of piperazine rings is 1. The Kier molecular flexibility index (Phi) is 10.9. The van der Waals surface area contributed by atoms with Crippen LogP contribution in [0.3, 0.4) is 0 Å². The maximum absolute atomic E-state index is 13.3. The summed E-state index contributed by atoms with van der Waals surface area (Å²) >= 11 is 6.27. The molecule has 1 aliphatic carbocycles. The van der Waals surface area contributed by atoms with Crippen LogP contribution in [0.1, 0.15) is 88.0 Å². The van der Waals surface area contributed by atoms with Crippen molar-refractivity contribution in [2.75, 3.05) is 61.0 Å². The van der Waals surface area contributed by atoms with E-state index in [1.807, 2.05) is 30.3 Å². The molecule has 8 rings (SSSR count). The van der Waals surface area contributed by atoms with Crippen LogP contribution in [0.15, 0.2) is 60.7 Å². The zero-order valence-corrected chi connectivity index (χ0v) is 32.8. The van der Waals surface area contributed by atoms with Crippen LogP contribution in [0.25, 0.3) is 0 Å². The molecule has 13 nitrogen and oxygen atoms in total. The van der Waals surface area contributed by atoms with E-state index in [9.17, 15) is 29.2 Å². The molecule has 4 fully saturated rings. The fraction of sp³-hybridized carbons (Fsp3) is 0.442. The van der Waals surface area contributed by atoms with Gasteiger partial charge in [-0.05, 0) is 106 Å². The van der Waals surface area contributed by atoms with Crippen LogP contribution in [-0.2, 0) is 9.59 Å². The topological polar surface area (TPSA) is 149 Å². The smallest absolute Gasteiger partial charge is 0.262 e. The number of fused-ring (bicyclic) bond motifs is 1. The first-order chi connectivity index (χ1) is 27.6. The van der Waals surface area contributed by atoms with Crippen LogP contribution in [0.4, 0.5) is 17.1 Å². The normalized spacial score (nSPS) is 23.2. The van der Waals surface area contributed by atoms with Crippen LogP contribution >= 0.6 is 11.6 Å². The number of halogens is 1. The zero-order chi connectivity index (χ0) is 39.8. The zero-order valence-electron chi connectivity index (χ0n) is 32.1. The number of piperidine rings is 2. The number of amides is 5. The van der Waals surface area contributed by atoms with Gasteiger partial charge in [0.1, 0.15) is 12.1 Å². The number of benzene rings is 3. The van der Waals surface area contributed by atoms with Crippen molar-refractivity contribution in [3.63, 3.8) is 0 Å². The number of hydrogen-bond acceptors (Lipinski definition) is 10. The summed E-state index contributed by atoms with van der Waals surface area (Å²) in [5.41, 5.74) is 4.75. The minimum absolute atomic E-state index is 0.0377. The second-order valence-electron chi connectivity index (χ2n) is 15.8. The SMILES string of the molecule is CN(c1ccc(C#N)c(Cl)c1)[C@H]1CC[C@H](NC(=O)c2ccc(N3CCC(N4CCN(c5ccc6c(c5)C(=O)N(C5CCC(=O)NC5=O)C6=O)CC4)CC3)cc2)CC1. The highest BCUT2D eigenvalue weighted by atomic mass is 35.5. The third-order valence-electron chi connectivity index (χ3n) is 12.6. The maximum Gasteiger partial charge on any atom is 0.262 e. The van der Waals surface area contributed by atoms with E-state index >= 15 is 0 Å². The summed E-state index contributed by atoms with van der Waals surface area (Å²) < 4.78 is 0. The van der Waals surface area contributed by atoms with Crippen molar-refractivity contribution in [1.82, 2.24) is 20.4 Å². The fourth-order valence-corrected chi connectivity index (χ4v) is 9.43. The second kappa shape index (κ2) is 16.2. The molecule has 1 atom stereocenters. The van der Waals surface area contributed by atoms with E-state index in [0.29, 0.717) is 39.4 Å². The first kappa shape index (κ1) is 38.4. The molecule has 0 bridgehead atoms. The largest absolute Gasteiger partial charge is 0.372 e. The van der Waals surface area contributed by atoms with Gasteiger partial charge in [0.2, 0.25) is 11.8 Å². The molecular formula is C43H47ClN8O5. The number of carbonyl (C=O) groups is 5. The minimum atomic E-state index is -0.973. The Bertz CT molecular complexity index is 2110. The summed E-state index contributed by atoms with van der Waals surface area (Å²) in [6, 6.07) is 20.9. The van der Waals surface area contributed by atoms with E-state index in [0.717, 1.165) is 99.8 Å². The molecule has 5 amide bonds. The molecule has 2 N–H and O–H groups in total. The predicted octanol–water partition coefficient (Wildman–Crippen LogP) is 4.58. The molecule has 4 aliphatic heterocycles. The third-order valence-corrected chi connectivity index (χ3v) is 13.0. The van der Waals surface area contributed by atoms with Crippen molar-refractivity contribution < 1.29 is 24.0 Å². The Balaban J connectivity index is 0.776. The van der Waals surface area contributed by atoms with Crippen LogP contribution in [-0.4, -0.2) is 110 Å². The van der Waals surface area contributed by atoms with E-state index in [1.165, 1.54) is 0 Å². The lowest BCUT2D eigenvalue weighted by Gasteiger charge is -2.44. The lowest BCUT2D eigenvalue weighted by molar-refractivity contribution is -0.136. The lowest BCUT2D eigenvalue weighted by atomic mass is 9.90. The Morgan fingerprint density at radius 1 is 0.789 bits per heavy atom. The molecule has 3 aromatic rings. The van der Waals surface area contributed by atoms with E-state index < -0.39 is 29.7 Å². The molecule has 3 aromatic carbocycles. The van der Waals surface area contributed by atoms with Gasteiger partial charge in [0.25, 0.3) is 17.7 Å². The highest BCUT2D eigenvalue weighted by molar-refractivity contribution is 6.32.